The van der Waals surface area contributed by atoms with E-state index in [2.05, 4.69) is 25.8 Å². The van der Waals surface area contributed by atoms with Crippen molar-refractivity contribution in [1.29, 1.82) is 0 Å². The van der Waals surface area contributed by atoms with Crippen molar-refractivity contribution in [2.75, 3.05) is 19.0 Å². The van der Waals surface area contributed by atoms with E-state index in [1.807, 2.05) is 26.0 Å². The normalized spacial score (nSPS) is 17.5. The van der Waals surface area contributed by atoms with Crippen molar-refractivity contribution < 1.29 is 18.5 Å². The summed E-state index contributed by atoms with van der Waals surface area (Å²) in [6.07, 6.45) is 5.75. The lowest BCUT2D eigenvalue weighted by molar-refractivity contribution is 0.0972. The molecule has 1 atom stereocenters. The molecule has 0 saturated heterocycles. The molecule has 35 heavy (non-hydrogen) atoms. The molecule has 0 bridgehead atoms. The fourth-order valence-electron chi connectivity index (χ4n) is 4.57. The number of benzene rings is 1. The fourth-order valence-corrected chi connectivity index (χ4v) is 5.57. The molecule has 1 aliphatic carbocycles. The number of amides is 2. The van der Waals surface area contributed by atoms with E-state index in [4.69, 9.17) is 14.6 Å². The average Bonchev–Trinajstić information content (AvgIpc) is 3.45. The number of anilines is 1. The van der Waals surface area contributed by atoms with Gasteiger partial charge in [-0.05, 0) is 42.0 Å². The lowest BCUT2D eigenvalue weighted by Crippen LogP contribution is -2.33. The Balaban J connectivity index is 1.50. The van der Waals surface area contributed by atoms with Crippen molar-refractivity contribution in [3.8, 4) is 22.9 Å². The highest BCUT2D eigenvalue weighted by atomic mass is 32.2. The van der Waals surface area contributed by atoms with Gasteiger partial charge in [0.05, 0.1) is 32.1 Å². The van der Waals surface area contributed by atoms with Crippen molar-refractivity contribution >= 4 is 21.6 Å². The number of rotatable bonds is 4. The number of methoxy groups -OCH3 is 1. The molecule has 3 aromatic rings. The minimum Gasteiger partial charge on any atom is -0.481 e. The van der Waals surface area contributed by atoms with Crippen LogP contribution in [-0.2, 0) is 29.3 Å². The van der Waals surface area contributed by atoms with Crippen LogP contribution in [-0.4, -0.2) is 38.7 Å². The molecule has 10 nitrogen and oxygen atoms in total. The molecule has 3 N–H and O–H groups in total. The van der Waals surface area contributed by atoms with E-state index in [1.54, 1.807) is 24.1 Å². The van der Waals surface area contributed by atoms with Gasteiger partial charge in [-0.1, -0.05) is 26.0 Å². The molecule has 2 amide bonds. The second-order valence-electron chi connectivity index (χ2n) is 9.58. The van der Waals surface area contributed by atoms with Gasteiger partial charge in [-0.25, -0.2) is 23.8 Å². The Labute approximate surface area is 204 Å². The summed E-state index contributed by atoms with van der Waals surface area (Å²) in [4.78, 5) is 17.3. The zero-order valence-corrected chi connectivity index (χ0v) is 20.7. The summed E-state index contributed by atoms with van der Waals surface area (Å²) in [6, 6.07) is 6.87. The zero-order chi connectivity index (χ0) is 24.8. The minimum absolute atomic E-state index is 0.112. The molecule has 0 spiro atoms. The molecule has 0 saturated carbocycles. The molecule has 2 aliphatic rings. The maximum absolute atomic E-state index is 13.3. The Kier molecular flexibility index (Phi) is 5.76. The highest BCUT2D eigenvalue weighted by Crippen LogP contribution is 2.38. The summed E-state index contributed by atoms with van der Waals surface area (Å²) < 4.78 is 29.9. The highest BCUT2D eigenvalue weighted by molar-refractivity contribution is 7.91. The SMILES string of the molecule is COc1cc(-c2ccc3c(c2NC(=O)N=[S@@](N)(=O)c2cnn4c2OCC(C)(C)C4)CCC3)ccn1. The largest absolute Gasteiger partial charge is 0.481 e. The molecular weight excluding hydrogens is 468 g/mol. The molecule has 184 valence electrons. The summed E-state index contributed by atoms with van der Waals surface area (Å²) in [5.41, 5.74) is 4.34. The summed E-state index contributed by atoms with van der Waals surface area (Å²) in [6.45, 7) is 5.09. The number of nitrogens with two attached hydrogens (primary N) is 1. The van der Waals surface area contributed by atoms with Gasteiger partial charge in [-0.2, -0.15) is 5.10 Å². The lowest BCUT2D eigenvalue weighted by Gasteiger charge is -2.30. The van der Waals surface area contributed by atoms with E-state index in [1.165, 1.54) is 11.8 Å². The van der Waals surface area contributed by atoms with Gasteiger partial charge in [0.1, 0.15) is 4.90 Å². The third-order valence-electron chi connectivity index (χ3n) is 6.24. The van der Waals surface area contributed by atoms with E-state index in [9.17, 15) is 9.00 Å². The maximum atomic E-state index is 13.3. The third-order valence-corrected chi connectivity index (χ3v) is 7.59. The summed E-state index contributed by atoms with van der Waals surface area (Å²) in [5.74, 6) is 0.752. The Bertz CT molecular complexity index is 1440. The average molecular weight is 497 g/mol. The number of ether oxygens (including phenoxy) is 2. The number of carbonyl (C=O) groups is 1. The molecule has 0 radical (unpaired) electrons. The Morgan fingerprint density at radius 3 is 2.94 bits per heavy atom. The molecule has 0 unspecified atom stereocenters. The number of aromatic nitrogens is 3. The smallest absolute Gasteiger partial charge is 0.354 e. The standard InChI is InChI=1S/C24H28N6O4S/c1-24(2)13-30-22(34-14-24)19(12-27-30)35(25,32)29-23(31)28-21-17-6-4-5-15(17)7-8-18(21)16-9-10-26-20(11-16)33-3/h7-12H,4-6,13-14H2,1-3H3,(H3,25,28,29,31,32)/t35-/m1/s1. The van der Waals surface area contributed by atoms with Gasteiger partial charge in [0.15, 0.2) is 9.92 Å². The van der Waals surface area contributed by atoms with Crippen LogP contribution in [0.3, 0.4) is 0 Å². The fraction of sp³-hybridized carbons (Fsp3) is 0.375. The van der Waals surface area contributed by atoms with Gasteiger partial charge in [-0.15, -0.1) is 4.36 Å². The topological polar surface area (TPSA) is 134 Å². The molecule has 11 heteroatoms. The van der Waals surface area contributed by atoms with Gasteiger partial charge in [-0.3, -0.25) is 0 Å². The number of hydrogen-bond donors (Lipinski definition) is 2. The number of aryl methyl sites for hydroxylation is 1. The van der Waals surface area contributed by atoms with Gasteiger partial charge in [0, 0.05) is 23.2 Å². The predicted octanol–water partition coefficient (Wildman–Crippen LogP) is 3.79. The molecule has 0 fully saturated rings. The number of fused-ring (bicyclic) bond motifs is 2. The number of urea groups is 1. The van der Waals surface area contributed by atoms with Gasteiger partial charge in [0.25, 0.3) is 0 Å². The van der Waals surface area contributed by atoms with E-state index in [0.29, 0.717) is 30.6 Å². The quantitative estimate of drug-likeness (QED) is 0.564. The Morgan fingerprint density at radius 1 is 1.31 bits per heavy atom. The van der Waals surface area contributed by atoms with Crippen LogP contribution in [0.2, 0.25) is 0 Å². The number of nitrogens with one attached hydrogen (secondary N) is 1. The third kappa shape index (κ3) is 4.48. The second kappa shape index (κ2) is 8.65. The van der Waals surface area contributed by atoms with E-state index < -0.39 is 15.9 Å². The van der Waals surface area contributed by atoms with Gasteiger partial charge in [0.2, 0.25) is 11.8 Å². The minimum atomic E-state index is -3.59. The van der Waals surface area contributed by atoms with E-state index >= 15 is 0 Å². The molecule has 5 rings (SSSR count). The lowest BCUT2D eigenvalue weighted by atomic mass is 9.94. The van der Waals surface area contributed by atoms with Crippen molar-refractivity contribution in [2.24, 2.45) is 14.9 Å². The van der Waals surface area contributed by atoms with Crippen LogP contribution in [0.1, 0.15) is 31.4 Å². The molecule has 3 heterocycles. The zero-order valence-electron chi connectivity index (χ0n) is 19.9. The van der Waals surface area contributed by atoms with Crippen LogP contribution in [0.4, 0.5) is 10.5 Å². The Morgan fingerprint density at radius 2 is 2.14 bits per heavy atom. The van der Waals surface area contributed by atoms with Crippen molar-refractivity contribution in [3.63, 3.8) is 0 Å². The van der Waals surface area contributed by atoms with Crippen LogP contribution >= 0.6 is 0 Å². The van der Waals surface area contributed by atoms with E-state index in [0.717, 1.165) is 36.0 Å². The van der Waals surface area contributed by atoms with Gasteiger partial charge >= 0.3 is 6.03 Å². The first kappa shape index (κ1) is 23.3. The summed E-state index contributed by atoms with van der Waals surface area (Å²) in [7, 11) is -2.04. The van der Waals surface area contributed by atoms with Crippen LogP contribution in [0.5, 0.6) is 11.8 Å². The molecular formula is C24H28N6O4S. The van der Waals surface area contributed by atoms with Crippen LogP contribution in [0.25, 0.3) is 11.1 Å². The predicted molar refractivity (Wildman–Crippen MR) is 132 cm³/mol. The van der Waals surface area contributed by atoms with Gasteiger partial charge < -0.3 is 14.8 Å². The number of carbonyl (C=O) groups excluding carboxylic acids is 1. The highest BCUT2D eigenvalue weighted by Gasteiger charge is 2.32. The first-order valence-electron chi connectivity index (χ1n) is 11.4. The Hall–Kier alpha value is -3.44. The van der Waals surface area contributed by atoms with Crippen molar-refractivity contribution in [2.45, 2.75) is 44.6 Å². The molecule has 1 aromatic carbocycles. The summed E-state index contributed by atoms with van der Waals surface area (Å²) >= 11 is 0. The molecule has 1 aliphatic heterocycles. The van der Waals surface area contributed by atoms with Crippen LogP contribution < -0.4 is 19.9 Å². The second-order valence-corrected chi connectivity index (χ2v) is 11.3. The van der Waals surface area contributed by atoms with Crippen LogP contribution in [0.15, 0.2) is 45.9 Å². The summed E-state index contributed by atoms with van der Waals surface area (Å²) in [5, 5.41) is 13.2. The first-order chi connectivity index (χ1) is 16.7. The monoisotopic (exact) mass is 496 g/mol. The number of hydrogen-bond acceptors (Lipinski definition) is 6. The van der Waals surface area contributed by atoms with E-state index in [-0.39, 0.29) is 10.3 Å². The number of nitrogens with zero attached hydrogens (tertiary/aromatic N) is 4. The molecule has 2 aromatic heterocycles. The van der Waals surface area contributed by atoms with Crippen LogP contribution in [0, 0.1) is 5.41 Å². The maximum Gasteiger partial charge on any atom is 0.354 e. The van der Waals surface area contributed by atoms with Crippen molar-refractivity contribution in [3.05, 3.63) is 47.8 Å². The number of pyridine rings is 1. The van der Waals surface area contributed by atoms with Crippen molar-refractivity contribution in [1.82, 2.24) is 14.8 Å². The first-order valence-corrected chi connectivity index (χ1v) is 12.9.